The van der Waals surface area contributed by atoms with Crippen LogP contribution >= 0.6 is 11.8 Å². The number of amides is 1. The van der Waals surface area contributed by atoms with E-state index < -0.39 is 23.9 Å². The summed E-state index contributed by atoms with van der Waals surface area (Å²) in [5.74, 6) is -0.390. The van der Waals surface area contributed by atoms with Gasteiger partial charge in [0.15, 0.2) is 0 Å². The molecule has 0 N–H and O–H groups in total. The Morgan fingerprint density at radius 3 is 2.68 bits per heavy atom. The lowest BCUT2D eigenvalue weighted by atomic mass is 10.0. The van der Waals surface area contributed by atoms with Gasteiger partial charge in [0.05, 0.1) is 12.6 Å². The predicted molar refractivity (Wildman–Crippen MR) is 83.4 cm³/mol. The molecule has 0 bridgehead atoms. The highest BCUT2D eigenvalue weighted by atomic mass is 32.2. The maximum absolute atomic E-state index is 13.9. The Labute approximate surface area is 134 Å². The summed E-state index contributed by atoms with van der Waals surface area (Å²) in [6.45, 7) is 5.26. The van der Waals surface area contributed by atoms with Crippen molar-refractivity contribution in [3.63, 3.8) is 0 Å². The highest BCUT2D eigenvalue weighted by Gasteiger charge is 2.39. The molecule has 0 aliphatic carbocycles. The second-order valence-corrected chi connectivity index (χ2v) is 7.22. The number of halogens is 2. The van der Waals surface area contributed by atoms with E-state index in [0.717, 1.165) is 4.90 Å². The van der Waals surface area contributed by atoms with Crippen LogP contribution in [-0.2, 0) is 4.74 Å². The summed E-state index contributed by atoms with van der Waals surface area (Å²) in [5.41, 5.74) is -0.0150. The van der Waals surface area contributed by atoms with Gasteiger partial charge in [-0.05, 0) is 50.8 Å². The highest BCUT2D eigenvalue weighted by Crippen LogP contribution is 2.39. The number of carbonyl (C=O) groups excluding carboxylic acids is 1. The van der Waals surface area contributed by atoms with Crippen LogP contribution in [0.5, 0.6) is 0 Å². The third-order valence-electron chi connectivity index (χ3n) is 3.43. The number of rotatable bonds is 2. The zero-order chi connectivity index (χ0) is 16.5. The second-order valence-electron chi connectivity index (χ2n) is 6.37. The van der Waals surface area contributed by atoms with Gasteiger partial charge in [0.2, 0.25) is 0 Å². The summed E-state index contributed by atoms with van der Waals surface area (Å²) in [7, 11) is 0. The van der Waals surface area contributed by atoms with E-state index in [1.165, 1.54) is 28.8 Å². The van der Waals surface area contributed by atoms with E-state index >= 15 is 0 Å². The molecule has 2 rings (SSSR count). The summed E-state index contributed by atoms with van der Waals surface area (Å²) in [6, 6.07) is 3.91. The third kappa shape index (κ3) is 3.91. The molecule has 1 aromatic carbocycles. The topological polar surface area (TPSA) is 29.5 Å². The zero-order valence-electron chi connectivity index (χ0n) is 13.2. The van der Waals surface area contributed by atoms with Crippen LogP contribution in [0.25, 0.3) is 0 Å². The molecule has 3 nitrogen and oxygen atoms in total. The van der Waals surface area contributed by atoms with Crippen molar-refractivity contribution in [2.75, 3.05) is 12.8 Å². The monoisotopic (exact) mass is 329 g/mol. The van der Waals surface area contributed by atoms with Crippen molar-refractivity contribution in [3.05, 3.63) is 29.6 Å². The van der Waals surface area contributed by atoms with Gasteiger partial charge in [0.1, 0.15) is 17.6 Å². The van der Waals surface area contributed by atoms with E-state index in [1.807, 2.05) is 6.26 Å². The molecule has 0 saturated carbocycles. The van der Waals surface area contributed by atoms with E-state index in [2.05, 4.69) is 0 Å². The third-order valence-corrected chi connectivity index (χ3v) is 4.24. The summed E-state index contributed by atoms with van der Waals surface area (Å²) < 4.78 is 32.8. The molecule has 122 valence electrons. The highest BCUT2D eigenvalue weighted by molar-refractivity contribution is 7.98. The molecule has 0 radical (unpaired) electrons. The molecule has 0 spiro atoms. The number of hydrogen-bond acceptors (Lipinski definition) is 3. The van der Waals surface area contributed by atoms with Gasteiger partial charge in [-0.25, -0.2) is 13.6 Å². The van der Waals surface area contributed by atoms with Crippen LogP contribution in [0.15, 0.2) is 23.1 Å². The van der Waals surface area contributed by atoms with Crippen LogP contribution < -0.4 is 0 Å². The van der Waals surface area contributed by atoms with E-state index in [1.54, 1.807) is 26.8 Å². The molecule has 1 fully saturated rings. The molecule has 0 unspecified atom stereocenters. The molecule has 0 aromatic heterocycles. The predicted octanol–water partition coefficient (Wildman–Crippen LogP) is 4.57. The van der Waals surface area contributed by atoms with Crippen molar-refractivity contribution < 1.29 is 18.3 Å². The largest absolute Gasteiger partial charge is 0.444 e. The first-order valence-corrected chi connectivity index (χ1v) is 8.41. The summed E-state index contributed by atoms with van der Waals surface area (Å²) in [4.78, 5) is 14.5. The average molecular weight is 329 g/mol. The van der Waals surface area contributed by atoms with Crippen LogP contribution in [0.3, 0.4) is 0 Å². The summed E-state index contributed by atoms with van der Waals surface area (Å²) in [5, 5.41) is 0. The van der Waals surface area contributed by atoms with E-state index in [-0.39, 0.29) is 18.8 Å². The van der Waals surface area contributed by atoms with Gasteiger partial charge >= 0.3 is 6.09 Å². The molecule has 1 heterocycles. The molecule has 1 aromatic rings. The number of thioether (sulfide) groups is 1. The number of benzene rings is 1. The van der Waals surface area contributed by atoms with Gasteiger partial charge in [-0.1, -0.05) is 0 Å². The minimum Gasteiger partial charge on any atom is -0.444 e. The minimum absolute atomic E-state index is 0.0239. The van der Waals surface area contributed by atoms with Crippen molar-refractivity contribution in [1.29, 1.82) is 0 Å². The quantitative estimate of drug-likeness (QED) is 0.745. The molecule has 6 heteroatoms. The molecular formula is C16H21F2NO2S. The number of ether oxygens (including phenoxy) is 1. The Morgan fingerprint density at radius 2 is 2.09 bits per heavy atom. The maximum atomic E-state index is 13.9. The molecule has 1 amide bonds. The van der Waals surface area contributed by atoms with Crippen molar-refractivity contribution >= 4 is 17.9 Å². The van der Waals surface area contributed by atoms with Crippen molar-refractivity contribution in [3.8, 4) is 0 Å². The number of likely N-dealkylation sites (tertiary alicyclic amines) is 1. The summed E-state index contributed by atoms with van der Waals surface area (Å²) >= 11 is 1.45. The lowest BCUT2D eigenvalue weighted by molar-refractivity contribution is 0.0214. The number of nitrogens with zero attached hydrogens (tertiary/aromatic N) is 1. The number of hydrogen-bond donors (Lipinski definition) is 0. The lowest BCUT2D eigenvalue weighted by Crippen LogP contribution is -2.37. The fourth-order valence-electron chi connectivity index (χ4n) is 2.57. The normalized spacial score (nSPS) is 22.0. The van der Waals surface area contributed by atoms with Gasteiger partial charge in [0, 0.05) is 11.3 Å². The Hall–Kier alpha value is -1.30. The van der Waals surface area contributed by atoms with Crippen LogP contribution in [0.4, 0.5) is 13.6 Å². The summed E-state index contributed by atoms with van der Waals surface area (Å²) in [6.07, 6.45) is 0.344. The van der Waals surface area contributed by atoms with E-state index in [9.17, 15) is 13.6 Å². The average Bonchev–Trinajstić information content (AvgIpc) is 2.79. The van der Waals surface area contributed by atoms with Gasteiger partial charge in [0.25, 0.3) is 0 Å². The number of alkyl halides is 1. The van der Waals surface area contributed by atoms with Crippen LogP contribution in [-0.4, -0.2) is 35.6 Å². The van der Waals surface area contributed by atoms with Crippen molar-refractivity contribution in [2.24, 2.45) is 0 Å². The second kappa shape index (κ2) is 6.44. The fourth-order valence-corrected chi connectivity index (χ4v) is 3.20. The van der Waals surface area contributed by atoms with E-state index in [4.69, 9.17) is 4.74 Å². The molecular weight excluding hydrogens is 308 g/mol. The Kier molecular flexibility index (Phi) is 5.00. The van der Waals surface area contributed by atoms with Crippen LogP contribution in [0.2, 0.25) is 0 Å². The van der Waals surface area contributed by atoms with E-state index in [0.29, 0.717) is 5.56 Å². The van der Waals surface area contributed by atoms with Gasteiger partial charge in [-0.3, -0.25) is 4.90 Å². The Bertz CT molecular complexity index is 560. The molecule has 22 heavy (non-hydrogen) atoms. The first kappa shape index (κ1) is 17.1. The minimum atomic E-state index is -1.13. The van der Waals surface area contributed by atoms with Crippen LogP contribution in [0, 0.1) is 5.82 Å². The first-order valence-electron chi connectivity index (χ1n) is 7.18. The van der Waals surface area contributed by atoms with Crippen LogP contribution in [0.1, 0.15) is 38.8 Å². The number of carbonyl (C=O) groups is 1. The van der Waals surface area contributed by atoms with Gasteiger partial charge < -0.3 is 4.74 Å². The first-order chi connectivity index (χ1) is 10.2. The smallest absolute Gasteiger partial charge is 0.410 e. The van der Waals surface area contributed by atoms with Gasteiger partial charge in [-0.2, -0.15) is 0 Å². The van der Waals surface area contributed by atoms with Crippen molar-refractivity contribution in [1.82, 2.24) is 4.90 Å². The molecule has 1 saturated heterocycles. The standard InChI is InChI=1S/C16H21F2NO2S/c1-16(2,3)21-15(20)19-9-11(18)8-13(19)12-7-10(17)5-6-14(12)22-4/h5-7,11,13H,8-9H2,1-4H3/t11-,13+/m0/s1. The van der Waals surface area contributed by atoms with Gasteiger partial charge in [-0.15, -0.1) is 11.8 Å². The maximum Gasteiger partial charge on any atom is 0.410 e. The Balaban J connectivity index is 2.32. The molecule has 1 aliphatic heterocycles. The molecule has 1 aliphatic rings. The SMILES string of the molecule is CSc1ccc(F)cc1[C@H]1C[C@H](F)CN1C(=O)OC(C)(C)C. The lowest BCUT2D eigenvalue weighted by Gasteiger charge is -2.29. The molecule has 2 atom stereocenters. The zero-order valence-corrected chi connectivity index (χ0v) is 14.0. The fraction of sp³-hybridized carbons (Fsp3) is 0.562. The Morgan fingerprint density at radius 1 is 1.41 bits per heavy atom. The van der Waals surface area contributed by atoms with Crippen molar-refractivity contribution in [2.45, 2.75) is 49.9 Å².